The lowest BCUT2D eigenvalue weighted by atomic mass is 10.2. The van der Waals surface area contributed by atoms with Crippen molar-refractivity contribution in [2.24, 2.45) is 0 Å². The molecule has 2 amide bonds. The summed E-state index contributed by atoms with van der Waals surface area (Å²) in [5, 5.41) is 3.38. The fraction of sp³-hybridized carbons (Fsp3) is 0.562. The summed E-state index contributed by atoms with van der Waals surface area (Å²) in [7, 11) is 0. The molecule has 2 rings (SSSR count). The predicted molar refractivity (Wildman–Crippen MR) is 87.1 cm³/mol. The van der Waals surface area contributed by atoms with Gasteiger partial charge < -0.3 is 10.1 Å². The van der Waals surface area contributed by atoms with E-state index in [1.54, 1.807) is 39.1 Å². The van der Waals surface area contributed by atoms with Gasteiger partial charge in [0.15, 0.2) is 0 Å². The highest BCUT2D eigenvalue weighted by atomic mass is 35.5. The van der Waals surface area contributed by atoms with Gasteiger partial charge in [-0.3, -0.25) is 14.7 Å². The van der Waals surface area contributed by atoms with Crippen molar-refractivity contribution in [3.63, 3.8) is 0 Å². The topological polar surface area (TPSA) is 71.5 Å². The van der Waals surface area contributed by atoms with Crippen molar-refractivity contribution in [3.8, 4) is 0 Å². The standard InChI is InChI=1S/C16H22ClN3O3/c1-16(2,3)23-15(22)20-8-4-5-13(20)14(21)19-10-12-9-11(17)6-7-18-12/h6-7,9,13H,4-5,8,10H2,1-3H3,(H,19,21)/t13-/m0/s1. The molecule has 23 heavy (non-hydrogen) atoms. The Balaban J connectivity index is 1.94. The first-order valence-electron chi connectivity index (χ1n) is 7.64. The minimum atomic E-state index is -0.578. The molecule has 0 unspecified atom stereocenters. The Morgan fingerprint density at radius 1 is 1.48 bits per heavy atom. The number of hydrogen-bond donors (Lipinski definition) is 1. The van der Waals surface area contributed by atoms with Crippen molar-refractivity contribution in [1.82, 2.24) is 15.2 Å². The predicted octanol–water partition coefficient (Wildman–Crippen LogP) is 2.75. The molecule has 0 radical (unpaired) electrons. The summed E-state index contributed by atoms with van der Waals surface area (Å²) in [5.41, 5.74) is 0.0958. The van der Waals surface area contributed by atoms with Gasteiger partial charge in [-0.2, -0.15) is 0 Å². The third-order valence-corrected chi connectivity index (χ3v) is 3.64. The van der Waals surface area contributed by atoms with Gasteiger partial charge in [0.25, 0.3) is 0 Å². The molecule has 2 heterocycles. The van der Waals surface area contributed by atoms with Crippen molar-refractivity contribution < 1.29 is 14.3 Å². The fourth-order valence-electron chi connectivity index (χ4n) is 2.42. The monoisotopic (exact) mass is 339 g/mol. The molecule has 0 spiro atoms. The Morgan fingerprint density at radius 3 is 2.87 bits per heavy atom. The van der Waals surface area contributed by atoms with Crippen LogP contribution in [0, 0.1) is 0 Å². The molecular weight excluding hydrogens is 318 g/mol. The zero-order valence-electron chi connectivity index (χ0n) is 13.6. The number of nitrogens with one attached hydrogen (secondary N) is 1. The summed E-state index contributed by atoms with van der Waals surface area (Å²) in [4.78, 5) is 30.2. The number of amides is 2. The van der Waals surface area contributed by atoms with Crippen molar-refractivity contribution in [2.45, 2.75) is 51.8 Å². The lowest BCUT2D eigenvalue weighted by Crippen LogP contribution is -2.47. The van der Waals surface area contributed by atoms with Crippen molar-refractivity contribution >= 4 is 23.6 Å². The van der Waals surface area contributed by atoms with E-state index in [4.69, 9.17) is 16.3 Å². The third-order valence-electron chi connectivity index (χ3n) is 3.41. The van der Waals surface area contributed by atoms with Gasteiger partial charge in [0.1, 0.15) is 11.6 Å². The highest BCUT2D eigenvalue weighted by Crippen LogP contribution is 2.21. The highest BCUT2D eigenvalue weighted by Gasteiger charge is 2.36. The van der Waals surface area contributed by atoms with E-state index in [0.717, 1.165) is 6.42 Å². The van der Waals surface area contributed by atoms with Crippen molar-refractivity contribution in [2.75, 3.05) is 6.54 Å². The Labute approximate surface area is 141 Å². The summed E-state index contributed by atoms with van der Waals surface area (Å²) >= 11 is 5.89. The molecule has 1 aromatic rings. The number of likely N-dealkylation sites (tertiary alicyclic amines) is 1. The first-order chi connectivity index (χ1) is 10.8. The van der Waals surface area contributed by atoms with E-state index < -0.39 is 17.7 Å². The van der Waals surface area contributed by atoms with Crippen molar-refractivity contribution in [1.29, 1.82) is 0 Å². The smallest absolute Gasteiger partial charge is 0.410 e. The second kappa shape index (κ2) is 7.17. The summed E-state index contributed by atoms with van der Waals surface area (Å²) in [6, 6.07) is 2.87. The quantitative estimate of drug-likeness (QED) is 0.919. The number of rotatable bonds is 3. The van der Waals surface area contributed by atoms with Crippen LogP contribution >= 0.6 is 11.6 Å². The minimum Gasteiger partial charge on any atom is -0.444 e. The van der Waals surface area contributed by atoms with Gasteiger partial charge in [-0.1, -0.05) is 11.6 Å². The lowest BCUT2D eigenvalue weighted by Gasteiger charge is -2.28. The molecule has 1 aliphatic rings. The Hall–Kier alpha value is -1.82. The van der Waals surface area contributed by atoms with E-state index in [1.807, 2.05) is 0 Å². The number of ether oxygens (including phenoxy) is 1. The molecule has 126 valence electrons. The van der Waals surface area contributed by atoms with Crippen LogP contribution in [0.25, 0.3) is 0 Å². The first kappa shape index (κ1) is 17.5. The fourth-order valence-corrected chi connectivity index (χ4v) is 2.60. The summed E-state index contributed by atoms with van der Waals surface area (Å²) < 4.78 is 5.36. The molecule has 0 aliphatic carbocycles. The van der Waals surface area contributed by atoms with E-state index in [0.29, 0.717) is 23.7 Å². The molecule has 1 fully saturated rings. The van der Waals surface area contributed by atoms with E-state index in [9.17, 15) is 9.59 Å². The van der Waals surface area contributed by atoms with E-state index in [2.05, 4.69) is 10.3 Å². The maximum absolute atomic E-state index is 12.4. The number of halogens is 1. The second-order valence-electron chi connectivity index (χ2n) is 6.51. The van der Waals surface area contributed by atoms with Crippen LogP contribution in [0.5, 0.6) is 0 Å². The van der Waals surface area contributed by atoms with Crippen LogP contribution in [0.1, 0.15) is 39.3 Å². The Kier molecular flexibility index (Phi) is 5.46. The number of carbonyl (C=O) groups excluding carboxylic acids is 2. The summed E-state index contributed by atoms with van der Waals surface area (Å²) in [6.07, 6.45) is 2.56. The van der Waals surface area contributed by atoms with Gasteiger partial charge in [-0.15, -0.1) is 0 Å². The van der Waals surface area contributed by atoms with E-state index in [1.165, 1.54) is 4.90 Å². The molecule has 6 nitrogen and oxygen atoms in total. The average Bonchev–Trinajstić information content (AvgIpc) is 2.92. The first-order valence-corrected chi connectivity index (χ1v) is 8.02. The number of hydrogen-bond acceptors (Lipinski definition) is 4. The minimum absolute atomic E-state index is 0.199. The van der Waals surface area contributed by atoms with Crippen LogP contribution in [-0.4, -0.2) is 40.1 Å². The molecule has 1 N–H and O–H groups in total. The van der Waals surface area contributed by atoms with Gasteiger partial charge in [0.05, 0.1) is 12.2 Å². The normalized spacial score (nSPS) is 17.9. The van der Waals surface area contributed by atoms with Crippen LogP contribution in [0.3, 0.4) is 0 Å². The van der Waals surface area contributed by atoms with Gasteiger partial charge in [0, 0.05) is 17.8 Å². The van der Waals surface area contributed by atoms with Crippen LogP contribution in [0.2, 0.25) is 5.02 Å². The molecule has 1 aromatic heterocycles. The number of nitrogens with zero attached hydrogens (tertiary/aromatic N) is 2. The molecule has 1 aliphatic heterocycles. The SMILES string of the molecule is CC(C)(C)OC(=O)N1CCC[C@H]1C(=O)NCc1cc(Cl)ccn1. The number of aromatic nitrogens is 1. The van der Waals surface area contributed by atoms with E-state index in [-0.39, 0.29) is 12.5 Å². The molecular formula is C16H22ClN3O3. The molecule has 7 heteroatoms. The van der Waals surface area contributed by atoms with Crippen LogP contribution in [-0.2, 0) is 16.1 Å². The summed E-state index contributed by atoms with van der Waals surface area (Å²) in [6.45, 7) is 6.23. The lowest BCUT2D eigenvalue weighted by molar-refractivity contribution is -0.125. The van der Waals surface area contributed by atoms with Gasteiger partial charge >= 0.3 is 6.09 Å². The number of carbonyl (C=O) groups is 2. The van der Waals surface area contributed by atoms with Crippen LogP contribution < -0.4 is 5.32 Å². The van der Waals surface area contributed by atoms with Crippen LogP contribution in [0.15, 0.2) is 18.3 Å². The Morgan fingerprint density at radius 2 is 2.22 bits per heavy atom. The van der Waals surface area contributed by atoms with Gasteiger partial charge in [-0.05, 0) is 45.7 Å². The second-order valence-corrected chi connectivity index (χ2v) is 6.95. The average molecular weight is 340 g/mol. The van der Waals surface area contributed by atoms with Crippen molar-refractivity contribution in [3.05, 3.63) is 29.0 Å². The molecule has 1 saturated heterocycles. The molecule has 0 saturated carbocycles. The molecule has 0 aromatic carbocycles. The zero-order valence-corrected chi connectivity index (χ0v) is 14.4. The third kappa shape index (κ3) is 5.10. The largest absolute Gasteiger partial charge is 0.444 e. The number of pyridine rings is 1. The summed E-state index contributed by atoms with van der Waals surface area (Å²) in [5.74, 6) is -0.199. The zero-order chi connectivity index (χ0) is 17.0. The van der Waals surface area contributed by atoms with Crippen LogP contribution in [0.4, 0.5) is 4.79 Å². The Bertz CT molecular complexity index is 586. The molecule has 1 atom stereocenters. The maximum Gasteiger partial charge on any atom is 0.410 e. The van der Waals surface area contributed by atoms with Gasteiger partial charge in [-0.25, -0.2) is 4.79 Å². The maximum atomic E-state index is 12.4. The highest BCUT2D eigenvalue weighted by molar-refractivity contribution is 6.30. The molecule has 0 bridgehead atoms. The van der Waals surface area contributed by atoms with E-state index >= 15 is 0 Å². The van der Waals surface area contributed by atoms with Gasteiger partial charge in [0.2, 0.25) is 5.91 Å².